The molecule has 0 saturated carbocycles. The van der Waals surface area contributed by atoms with E-state index in [1.54, 1.807) is 24.3 Å². The van der Waals surface area contributed by atoms with Crippen molar-refractivity contribution >= 4 is 61.2 Å². The standard InChI is InChI=1S/C38H36Br2ClNO7/c1-25(42-23-34(43)29-9-5-13-33(41)22-29)18-28-8-2-10-30(19-28)35-24-48-38(49-35,36(44)46-16-14-26-6-3-11-31(39)20-26)37(45)47-17-15-27-7-4-12-32(40)21-27/h2-13,19-22,24-25,34,42-43H,14-18,23H2,1H3/t25-,34?/m1/s1. The van der Waals surface area contributed by atoms with Crippen molar-refractivity contribution in [1.82, 2.24) is 5.32 Å². The average molecular weight is 814 g/mol. The first-order chi connectivity index (χ1) is 23.6. The SMILES string of the molecule is C[C@H](Cc1cccc(C2=COC(C(=O)OCCc3cccc(Br)c3)(C(=O)OCCc3cccc(Br)c3)O2)c1)NCC(O)c1cccc(Cl)c1. The highest BCUT2D eigenvalue weighted by molar-refractivity contribution is 9.10. The fourth-order valence-electron chi connectivity index (χ4n) is 5.25. The third kappa shape index (κ3) is 10.2. The van der Waals surface area contributed by atoms with Crippen molar-refractivity contribution in [3.63, 3.8) is 0 Å². The number of aliphatic hydroxyl groups is 1. The molecule has 49 heavy (non-hydrogen) atoms. The van der Waals surface area contributed by atoms with Crippen LogP contribution < -0.4 is 5.32 Å². The van der Waals surface area contributed by atoms with Gasteiger partial charge >= 0.3 is 17.7 Å². The summed E-state index contributed by atoms with van der Waals surface area (Å²) in [6.45, 7) is 2.36. The van der Waals surface area contributed by atoms with Crippen LogP contribution in [0, 0.1) is 0 Å². The van der Waals surface area contributed by atoms with Gasteiger partial charge in [-0.3, -0.25) is 0 Å². The third-order valence-electron chi connectivity index (χ3n) is 7.80. The van der Waals surface area contributed by atoms with Crippen molar-refractivity contribution in [2.75, 3.05) is 19.8 Å². The molecule has 0 aliphatic carbocycles. The van der Waals surface area contributed by atoms with Crippen LogP contribution in [0.5, 0.6) is 0 Å². The highest BCUT2D eigenvalue weighted by Gasteiger charge is 2.58. The lowest BCUT2D eigenvalue weighted by Crippen LogP contribution is -2.50. The predicted octanol–water partition coefficient (Wildman–Crippen LogP) is 7.73. The zero-order valence-corrected chi connectivity index (χ0v) is 30.7. The van der Waals surface area contributed by atoms with Gasteiger partial charge in [0.15, 0.2) is 5.76 Å². The van der Waals surface area contributed by atoms with Crippen molar-refractivity contribution in [2.45, 2.75) is 44.1 Å². The molecule has 2 atom stereocenters. The first-order valence-electron chi connectivity index (χ1n) is 15.8. The third-order valence-corrected chi connectivity index (χ3v) is 9.02. The maximum atomic E-state index is 13.5. The highest BCUT2D eigenvalue weighted by atomic mass is 79.9. The smallest absolute Gasteiger partial charge is 0.453 e. The van der Waals surface area contributed by atoms with Gasteiger partial charge in [-0.05, 0) is 78.1 Å². The van der Waals surface area contributed by atoms with Gasteiger partial charge in [0.25, 0.3) is 0 Å². The van der Waals surface area contributed by atoms with Crippen LogP contribution in [0.2, 0.25) is 5.02 Å². The zero-order chi connectivity index (χ0) is 34.8. The number of hydrogen-bond donors (Lipinski definition) is 2. The van der Waals surface area contributed by atoms with E-state index < -0.39 is 23.8 Å². The molecule has 0 amide bonds. The van der Waals surface area contributed by atoms with Crippen LogP contribution in [-0.4, -0.2) is 48.6 Å². The number of carbonyl (C=O) groups excluding carboxylic acids is 2. The molecule has 5 rings (SSSR count). The number of benzene rings is 4. The topological polar surface area (TPSA) is 103 Å². The van der Waals surface area contributed by atoms with E-state index in [1.165, 1.54) is 6.26 Å². The molecule has 0 saturated heterocycles. The van der Waals surface area contributed by atoms with Crippen LogP contribution in [0.1, 0.15) is 40.8 Å². The number of nitrogens with one attached hydrogen (secondary N) is 1. The van der Waals surface area contributed by atoms with Gasteiger partial charge in [-0.25, -0.2) is 9.59 Å². The molecule has 0 aromatic heterocycles. The Morgan fingerprint density at radius 2 is 1.43 bits per heavy atom. The van der Waals surface area contributed by atoms with E-state index in [2.05, 4.69) is 37.2 Å². The lowest BCUT2D eigenvalue weighted by atomic mass is 10.0. The van der Waals surface area contributed by atoms with Crippen LogP contribution in [0.3, 0.4) is 0 Å². The van der Waals surface area contributed by atoms with Crippen molar-refractivity contribution < 1.29 is 33.6 Å². The number of carbonyl (C=O) groups is 2. The Morgan fingerprint density at radius 3 is 2.04 bits per heavy atom. The van der Waals surface area contributed by atoms with E-state index in [0.29, 0.717) is 36.4 Å². The van der Waals surface area contributed by atoms with Gasteiger partial charge < -0.3 is 29.4 Å². The Hall–Kier alpha value is -3.67. The summed E-state index contributed by atoms with van der Waals surface area (Å²) >= 11 is 13.0. The summed E-state index contributed by atoms with van der Waals surface area (Å²) in [5.41, 5.74) is 4.19. The lowest BCUT2D eigenvalue weighted by molar-refractivity contribution is -0.215. The van der Waals surface area contributed by atoms with E-state index in [4.69, 9.17) is 30.5 Å². The van der Waals surface area contributed by atoms with Crippen molar-refractivity contribution in [3.05, 3.63) is 145 Å². The monoisotopic (exact) mass is 811 g/mol. The molecule has 0 radical (unpaired) electrons. The maximum Gasteiger partial charge on any atom is 0.453 e. The molecular weight excluding hydrogens is 778 g/mol. The summed E-state index contributed by atoms with van der Waals surface area (Å²) in [5, 5.41) is 14.5. The van der Waals surface area contributed by atoms with Gasteiger partial charge in [-0.15, -0.1) is 0 Å². The number of ether oxygens (including phenoxy) is 4. The number of hydrogen-bond acceptors (Lipinski definition) is 8. The van der Waals surface area contributed by atoms with Crippen molar-refractivity contribution in [2.24, 2.45) is 0 Å². The molecule has 0 spiro atoms. The van der Waals surface area contributed by atoms with E-state index in [-0.39, 0.29) is 25.0 Å². The normalized spacial score (nSPS) is 14.6. The second-order valence-corrected chi connectivity index (χ2v) is 13.9. The minimum atomic E-state index is -2.45. The Labute approximate surface area is 307 Å². The second kappa shape index (κ2) is 17.3. The van der Waals surface area contributed by atoms with Crippen LogP contribution in [0.15, 0.2) is 112 Å². The predicted molar refractivity (Wildman–Crippen MR) is 195 cm³/mol. The first-order valence-corrected chi connectivity index (χ1v) is 17.7. The molecule has 8 nitrogen and oxygen atoms in total. The molecule has 0 bridgehead atoms. The van der Waals surface area contributed by atoms with Gasteiger partial charge in [-0.1, -0.05) is 98.1 Å². The highest BCUT2D eigenvalue weighted by Crippen LogP contribution is 2.35. The van der Waals surface area contributed by atoms with Crippen LogP contribution in [0.4, 0.5) is 0 Å². The molecule has 1 heterocycles. The average Bonchev–Trinajstić information content (AvgIpc) is 3.55. The number of halogens is 3. The minimum Gasteiger partial charge on any atom is -0.459 e. The van der Waals surface area contributed by atoms with Crippen molar-refractivity contribution in [3.8, 4) is 0 Å². The van der Waals surface area contributed by atoms with Crippen molar-refractivity contribution in [1.29, 1.82) is 0 Å². The van der Waals surface area contributed by atoms with E-state index in [0.717, 1.165) is 31.2 Å². The Morgan fingerprint density at radius 1 is 0.837 bits per heavy atom. The van der Waals surface area contributed by atoms with Crippen LogP contribution in [0.25, 0.3) is 5.76 Å². The molecule has 256 valence electrons. The second-order valence-electron chi connectivity index (χ2n) is 11.6. The molecule has 4 aromatic carbocycles. The minimum absolute atomic E-state index is 0.00318. The van der Waals surface area contributed by atoms with E-state index >= 15 is 0 Å². The molecule has 1 aliphatic rings. The molecule has 11 heteroatoms. The van der Waals surface area contributed by atoms with Crippen LogP contribution >= 0.6 is 43.5 Å². The van der Waals surface area contributed by atoms with Gasteiger partial charge in [0.2, 0.25) is 0 Å². The Kier molecular flexibility index (Phi) is 12.9. The summed E-state index contributed by atoms with van der Waals surface area (Å²) in [6.07, 6.45) is 2.00. The van der Waals surface area contributed by atoms with Gasteiger partial charge in [0, 0.05) is 45.0 Å². The first kappa shape index (κ1) is 36.6. The fourth-order valence-corrected chi connectivity index (χ4v) is 6.34. The maximum absolute atomic E-state index is 13.5. The van der Waals surface area contributed by atoms with Gasteiger partial charge in [0.1, 0.15) is 6.26 Å². The van der Waals surface area contributed by atoms with E-state index in [1.807, 2.05) is 79.7 Å². The Balaban J connectivity index is 1.23. The zero-order valence-electron chi connectivity index (χ0n) is 26.7. The molecular formula is C38H36Br2ClNO7. The van der Waals surface area contributed by atoms with Gasteiger partial charge in [0.05, 0.1) is 19.3 Å². The summed E-state index contributed by atoms with van der Waals surface area (Å²) in [4.78, 5) is 27.0. The molecule has 4 aromatic rings. The summed E-state index contributed by atoms with van der Waals surface area (Å²) in [6, 6.07) is 29.9. The molecule has 2 N–H and O–H groups in total. The molecule has 0 fully saturated rings. The summed E-state index contributed by atoms with van der Waals surface area (Å²) in [5.74, 6) is -4.28. The number of aliphatic hydroxyl groups excluding tert-OH is 1. The van der Waals surface area contributed by atoms with E-state index in [9.17, 15) is 14.7 Å². The lowest BCUT2D eigenvalue weighted by Gasteiger charge is -2.24. The number of rotatable bonds is 15. The van der Waals surface area contributed by atoms with Gasteiger partial charge in [-0.2, -0.15) is 0 Å². The summed E-state index contributed by atoms with van der Waals surface area (Å²) < 4.78 is 24.6. The largest absolute Gasteiger partial charge is 0.459 e. The van der Waals surface area contributed by atoms with Crippen LogP contribution in [-0.2, 0) is 47.8 Å². The molecule has 1 unspecified atom stereocenters. The Bertz CT molecular complexity index is 1740. The fraction of sp³-hybridized carbons (Fsp3) is 0.263. The molecule has 1 aliphatic heterocycles. The number of esters is 2. The quantitative estimate of drug-likeness (QED) is 0.0930. The summed E-state index contributed by atoms with van der Waals surface area (Å²) in [7, 11) is 0.